The highest BCUT2D eigenvalue weighted by Crippen LogP contribution is 2.64. The second-order valence-electron chi connectivity index (χ2n) is 5.27. The maximum atomic E-state index is 13.3. The SMILES string of the molecule is O=[N+]([O-])c1ccc(C(OP(=O)(N2CC2)N2CC2)C(F)(F)F)cc1. The molecule has 0 radical (unpaired) electrons. The van der Waals surface area contributed by atoms with Crippen molar-refractivity contribution in [1.82, 2.24) is 9.34 Å². The van der Waals surface area contributed by atoms with Gasteiger partial charge in [-0.3, -0.25) is 19.2 Å². The summed E-state index contributed by atoms with van der Waals surface area (Å²) < 4.78 is 60.6. The summed E-state index contributed by atoms with van der Waals surface area (Å²) in [6.45, 7) is 1.72. The molecule has 1 aromatic rings. The first-order valence-electron chi connectivity index (χ1n) is 6.82. The van der Waals surface area contributed by atoms with Gasteiger partial charge in [-0.1, -0.05) is 0 Å². The van der Waals surface area contributed by atoms with Gasteiger partial charge < -0.3 is 0 Å². The molecule has 0 saturated carbocycles. The van der Waals surface area contributed by atoms with E-state index in [0.717, 1.165) is 24.3 Å². The van der Waals surface area contributed by atoms with Crippen LogP contribution in [0.1, 0.15) is 11.7 Å². The van der Waals surface area contributed by atoms with E-state index in [9.17, 15) is 27.9 Å². The first-order valence-corrected chi connectivity index (χ1v) is 8.35. The molecule has 2 saturated heterocycles. The van der Waals surface area contributed by atoms with Gasteiger partial charge in [-0.15, -0.1) is 0 Å². The second-order valence-corrected chi connectivity index (χ2v) is 7.60. The second kappa shape index (κ2) is 5.55. The first-order chi connectivity index (χ1) is 10.7. The summed E-state index contributed by atoms with van der Waals surface area (Å²) in [5.41, 5.74) is -0.637. The predicted molar refractivity (Wildman–Crippen MR) is 73.7 cm³/mol. The van der Waals surface area contributed by atoms with Crippen molar-refractivity contribution in [3.05, 3.63) is 39.9 Å². The van der Waals surface area contributed by atoms with Gasteiger partial charge in [-0.05, 0) is 17.7 Å². The van der Waals surface area contributed by atoms with Crippen molar-refractivity contribution in [3.8, 4) is 0 Å². The lowest BCUT2D eigenvalue weighted by atomic mass is 10.1. The summed E-state index contributed by atoms with van der Waals surface area (Å²) in [4.78, 5) is 9.89. The highest BCUT2D eigenvalue weighted by molar-refractivity contribution is 7.54. The number of non-ortho nitro benzene ring substituents is 1. The first kappa shape index (κ1) is 16.4. The van der Waals surface area contributed by atoms with E-state index in [1.54, 1.807) is 0 Å². The van der Waals surface area contributed by atoms with E-state index in [1.807, 2.05) is 0 Å². The van der Waals surface area contributed by atoms with Crippen molar-refractivity contribution >= 4 is 13.4 Å². The molecule has 0 spiro atoms. The Morgan fingerprint density at radius 1 is 1.13 bits per heavy atom. The number of nitrogens with zero attached hydrogens (tertiary/aromatic N) is 3. The third-order valence-corrected chi connectivity index (χ3v) is 6.22. The Morgan fingerprint density at radius 3 is 1.96 bits per heavy atom. The number of nitro benzene ring substituents is 1. The molecule has 0 bridgehead atoms. The minimum Gasteiger partial charge on any atom is -0.288 e. The lowest BCUT2D eigenvalue weighted by molar-refractivity contribution is -0.384. The molecule has 2 heterocycles. The zero-order valence-electron chi connectivity index (χ0n) is 11.8. The molecule has 1 unspecified atom stereocenters. The number of benzene rings is 1. The number of hydrogen-bond donors (Lipinski definition) is 0. The van der Waals surface area contributed by atoms with Crippen LogP contribution in [0.4, 0.5) is 18.9 Å². The minimum absolute atomic E-state index is 0.313. The summed E-state index contributed by atoms with van der Waals surface area (Å²) >= 11 is 0. The summed E-state index contributed by atoms with van der Waals surface area (Å²) in [7, 11) is -3.68. The molecule has 1 aromatic carbocycles. The quantitative estimate of drug-likeness (QED) is 0.339. The van der Waals surface area contributed by atoms with Crippen molar-refractivity contribution in [2.45, 2.75) is 12.3 Å². The van der Waals surface area contributed by atoms with Crippen LogP contribution >= 0.6 is 7.67 Å². The van der Waals surface area contributed by atoms with Crippen LogP contribution in [-0.2, 0) is 9.09 Å². The van der Waals surface area contributed by atoms with Crippen molar-refractivity contribution in [2.24, 2.45) is 0 Å². The molecule has 0 aromatic heterocycles. The van der Waals surface area contributed by atoms with Crippen LogP contribution in [0.3, 0.4) is 0 Å². The van der Waals surface area contributed by atoms with Crippen LogP contribution in [0, 0.1) is 10.1 Å². The monoisotopic (exact) mass is 351 g/mol. The number of alkyl halides is 3. The summed E-state index contributed by atoms with van der Waals surface area (Å²) in [6, 6.07) is 3.89. The summed E-state index contributed by atoms with van der Waals surface area (Å²) in [5, 5.41) is 10.6. The Labute approximate surface area is 129 Å². The lowest BCUT2D eigenvalue weighted by Gasteiger charge is -2.27. The van der Waals surface area contributed by atoms with E-state index >= 15 is 0 Å². The van der Waals surface area contributed by atoms with Gasteiger partial charge in [0.1, 0.15) is 0 Å². The maximum absolute atomic E-state index is 13.3. The van der Waals surface area contributed by atoms with E-state index in [-0.39, 0.29) is 11.3 Å². The van der Waals surface area contributed by atoms with Gasteiger partial charge in [-0.25, -0.2) is 9.34 Å². The van der Waals surface area contributed by atoms with Gasteiger partial charge in [0, 0.05) is 38.3 Å². The average Bonchev–Trinajstić information content (AvgIpc) is 3.35. The number of nitro groups is 1. The van der Waals surface area contributed by atoms with Gasteiger partial charge >= 0.3 is 13.8 Å². The van der Waals surface area contributed by atoms with Crippen molar-refractivity contribution in [1.29, 1.82) is 0 Å². The van der Waals surface area contributed by atoms with Gasteiger partial charge in [-0.2, -0.15) is 13.2 Å². The van der Waals surface area contributed by atoms with Crippen LogP contribution in [-0.4, -0.2) is 46.6 Å². The fraction of sp³-hybridized carbons (Fsp3) is 0.500. The van der Waals surface area contributed by atoms with Crippen LogP contribution in [0.15, 0.2) is 24.3 Å². The zero-order valence-corrected chi connectivity index (χ0v) is 12.7. The Kier molecular flexibility index (Phi) is 3.96. The highest BCUT2D eigenvalue weighted by Gasteiger charge is 2.55. The van der Waals surface area contributed by atoms with Crippen molar-refractivity contribution in [2.75, 3.05) is 26.2 Å². The third-order valence-electron chi connectivity index (χ3n) is 3.51. The van der Waals surface area contributed by atoms with Crippen LogP contribution < -0.4 is 0 Å². The Hall–Kier alpha value is -1.48. The fourth-order valence-electron chi connectivity index (χ4n) is 2.12. The average molecular weight is 351 g/mol. The van der Waals surface area contributed by atoms with Gasteiger partial charge in [0.15, 0.2) is 6.10 Å². The fourth-order valence-corrected chi connectivity index (χ4v) is 4.46. The van der Waals surface area contributed by atoms with Gasteiger partial charge in [0.2, 0.25) is 0 Å². The Balaban J connectivity index is 1.89. The number of halogens is 3. The molecule has 2 fully saturated rings. The van der Waals surface area contributed by atoms with Crippen molar-refractivity contribution in [3.63, 3.8) is 0 Å². The topological polar surface area (TPSA) is 75.5 Å². The van der Waals surface area contributed by atoms with Gasteiger partial charge in [0.05, 0.1) is 4.92 Å². The van der Waals surface area contributed by atoms with Crippen molar-refractivity contribution < 1.29 is 27.2 Å². The molecule has 7 nitrogen and oxygen atoms in total. The van der Waals surface area contributed by atoms with Crippen LogP contribution in [0.25, 0.3) is 0 Å². The maximum Gasteiger partial charge on any atom is 0.419 e. The Bertz CT molecular complexity index is 643. The normalized spacial score (nSPS) is 20.3. The predicted octanol–water partition coefficient (Wildman–Crippen LogP) is 2.95. The molecule has 2 aliphatic rings. The molecule has 11 heteroatoms. The molecular formula is C12H13F3N3O4P. The zero-order chi connectivity index (χ0) is 16.8. The molecule has 0 amide bonds. The van der Waals surface area contributed by atoms with Gasteiger partial charge in [0.25, 0.3) is 5.69 Å². The minimum atomic E-state index is -4.78. The largest absolute Gasteiger partial charge is 0.419 e. The van der Waals surface area contributed by atoms with E-state index in [1.165, 1.54) is 9.34 Å². The Morgan fingerprint density at radius 2 is 1.61 bits per heavy atom. The number of hydrogen-bond acceptors (Lipinski definition) is 4. The molecule has 1 atom stereocenters. The van der Waals surface area contributed by atoms with E-state index in [2.05, 4.69) is 0 Å². The molecule has 3 rings (SSSR count). The highest BCUT2D eigenvalue weighted by atomic mass is 31.2. The van der Waals surface area contributed by atoms with E-state index in [0.29, 0.717) is 26.2 Å². The van der Waals surface area contributed by atoms with Crippen LogP contribution in [0.2, 0.25) is 0 Å². The molecule has 126 valence electrons. The summed E-state index contributed by atoms with van der Waals surface area (Å²) in [6.07, 6.45) is -7.17. The smallest absolute Gasteiger partial charge is 0.288 e. The molecule has 2 aliphatic heterocycles. The molecule has 0 aliphatic carbocycles. The summed E-state index contributed by atoms with van der Waals surface area (Å²) in [5.74, 6) is 0. The lowest BCUT2D eigenvalue weighted by Crippen LogP contribution is -2.25. The van der Waals surface area contributed by atoms with E-state index < -0.39 is 24.9 Å². The molecule has 23 heavy (non-hydrogen) atoms. The molecule has 0 N–H and O–H groups in total. The standard InChI is InChI=1S/C12H13F3N3O4P/c13-12(14,15)11(9-1-3-10(4-2-9)18(19)20)22-23(21,16-5-6-16)17-7-8-17/h1-4,11H,5-8H2. The van der Waals surface area contributed by atoms with Crippen LogP contribution in [0.5, 0.6) is 0 Å². The molecular weight excluding hydrogens is 338 g/mol. The number of rotatable bonds is 6. The van der Waals surface area contributed by atoms with E-state index in [4.69, 9.17) is 4.52 Å². The third kappa shape index (κ3) is 3.40.